The molecule has 1 unspecified atom stereocenters. The molecule has 1 saturated heterocycles. The van der Waals surface area contributed by atoms with Crippen LogP contribution in [0, 0.1) is 22.7 Å². The number of aliphatic hydroxyl groups is 2. The Kier molecular flexibility index (Phi) is 15.5. The Bertz CT molecular complexity index is 2490. The van der Waals surface area contributed by atoms with Crippen LogP contribution in [0.15, 0.2) is 102 Å². The van der Waals surface area contributed by atoms with Crippen molar-refractivity contribution in [3.8, 4) is 0 Å². The lowest BCUT2D eigenvalue weighted by Crippen LogP contribution is -2.82. The molecule has 382 valence electrons. The van der Waals surface area contributed by atoms with Crippen molar-refractivity contribution in [2.75, 3.05) is 6.61 Å². The van der Waals surface area contributed by atoms with Gasteiger partial charge in [-0.15, -0.1) is 0 Å². The number of Topliss-reactive ketones (excluding diaryl/α,β-unsaturated/α-hetero) is 1. The number of aliphatic hydroxyl groups excluding tert-OH is 1. The van der Waals surface area contributed by atoms with Gasteiger partial charge in [-0.3, -0.25) is 14.4 Å². The molecule has 3 N–H and O–H groups in total. The number of carbonyl (C=O) groups excluding carboxylic acids is 6. The minimum Gasteiger partial charge on any atom is -0.455 e. The van der Waals surface area contributed by atoms with Crippen LogP contribution in [0.5, 0.6) is 0 Å². The summed E-state index contributed by atoms with van der Waals surface area (Å²) >= 11 is 0. The fourth-order valence-electron chi connectivity index (χ4n) is 11.7. The molecule has 71 heavy (non-hydrogen) atoms. The Morgan fingerprint density at radius 1 is 0.845 bits per heavy atom. The molecule has 17 heteroatoms. The number of benzene rings is 3. The maximum atomic E-state index is 15.8. The summed E-state index contributed by atoms with van der Waals surface area (Å²) in [6.45, 7) is 14.2. The number of esters is 4. The quantitative estimate of drug-likeness (QED) is 0.0720. The summed E-state index contributed by atoms with van der Waals surface area (Å²) in [5.74, 6) is -7.30. The van der Waals surface area contributed by atoms with E-state index in [2.05, 4.69) is 5.32 Å². The van der Waals surface area contributed by atoms with E-state index in [0.717, 1.165) is 12.5 Å². The van der Waals surface area contributed by atoms with Gasteiger partial charge in [0.2, 0.25) is 0 Å². The van der Waals surface area contributed by atoms with Gasteiger partial charge in [0.25, 0.3) is 0 Å². The van der Waals surface area contributed by atoms with E-state index < -0.39 is 121 Å². The molecule has 2 saturated carbocycles. The van der Waals surface area contributed by atoms with Crippen LogP contribution in [0.25, 0.3) is 0 Å². The normalized spacial score (nSPS) is 29.5. The summed E-state index contributed by atoms with van der Waals surface area (Å²) in [4.78, 5) is 86.0. The highest BCUT2D eigenvalue weighted by Crippen LogP contribution is 2.65. The van der Waals surface area contributed by atoms with Crippen LogP contribution >= 0.6 is 0 Å². The topological polar surface area (TPSA) is 220 Å². The molecule has 0 aromatic heterocycles. The maximum absolute atomic E-state index is 15.8. The van der Waals surface area contributed by atoms with E-state index in [1.165, 1.54) is 26.0 Å². The zero-order valence-electron chi connectivity index (χ0n) is 41.9. The Labute approximate surface area is 415 Å². The fraction of sp³-hybridized carbons (Fsp3) is 0.519. The second-order valence-corrected chi connectivity index (χ2v) is 24.9. The molecule has 0 radical (unpaired) electrons. The lowest BCUT2D eigenvalue weighted by molar-refractivity contribution is -0.349. The predicted octanol–water partition coefficient (Wildman–Crippen LogP) is 7.47. The fourth-order valence-corrected chi connectivity index (χ4v) is 14.5. The first-order chi connectivity index (χ1) is 33.6. The van der Waals surface area contributed by atoms with Crippen LogP contribution in [-0.2, 0) is 58.6 Å². The number of ketones is 1. The van der Waals surface area contributed by atoms with Gasteiger partial charge >= 0.3 is 30.0 Å². The van der Waals surface area contributed by atoms with Gasteiger partial charge in [-0.1, -0.05) is 113 Å². The molecule has 7 rings (SSSR count). The number of rotatable bonds is 16. The van der Waals surface area contributed by atoms with Crippen molar-refractivity contribution in [2.45, 2.75) is 148 Å². The Hall–Kier alpha value is -5.72. The van der Waals surface area contributed by atoms with Crippen LogP contribution in [0.3, 0.4) is 0 Å². The maximum Gasteiger partial charge on any atom is 0.408 e. The molecule has 3 aromatic carbocycles. The van der Waals surface area contributed by atoms with E-state index in [-0.39, 0.29) is 36.5 Å². The third-order valence-corrected chi connectivity index (χ3v) is 20.7. The molecule has 16 nitrogen and oxygen atoms in total. The number of nitrogens with one attached hydrogen (secondary N) is 1. The van der Waals surface area contributed by atoms with E-state index in [0.29, 0.717) is 23.7 Å². The summed E-state index contributed by atoms with van der Waals surface area (Å²) < 4.78 is 43.9. The summed E-state index contributed by atoms with van der Waals surface area (Å²) in [6.07, 6.45) is -9.24. The molecule has 3 aromatic rings. The van der Waals surface area contributed by atoms with Crippen molar-refractivity contribution in [3.63, 3.8) is 0 Å². The molecular weight excluding hydrogens is 931 g/mol. The summed E-state index contributed by atoms with van der Waals surface area (Å²) in [6, 6.07) is 26.4. The monoisotopic (exact) mass is 997 g/mol. The summed E-state index contributed by atoms with van der Waals surface area (Å²) in [5.41, 5.74) is -6.23. The molecule has 1 amide bonds. The Morgan fingerprint density at radius 3 is 1.99 bits per heavy atom. The number of hydrogen-bond acceptors (Lipinski definition) is 15. The molecule has 2 bridgehead atoms. The van der Waals surface area contributed by atoms with Crippen LogP contribution in [0.1, 0.15) is 103 Å². The third-order valence-electron chi connectivity index (χ3n) is 16.0. The van der Waals surface area contributed by atoms with E-state index >= 15 is 9.59 Å². The second kappa shape index (κ2) is 20.8. The first-order valence-corrected chi connectivity index (χ1v) is 27.0. The van der Waals surface area contributed by atoms with Gasteiger partial charge in [-0.2, -0.15) is 0 Å². The number of ether oxygens (including phenoxy) is 6. The van der Waals surface area contributed by atoms with Crippen molar-refractivity contribution in [2.24, 2.45) is 22.7 Å². The summed E-state index contributed by atoms with van der Waals surface area (Å²) in [7, 11) is -2.78. The predicted molar refractivity (Wildman–Crippen MR) is 259 cm³/mol. The molecule has 3 aliphatic carbocycles. The van der Waals surface area contributed by atoms with Crippen LogP contribution in [-0.4, -0.2) is 103 Å². The lowest BCUT2D eigenvalue weighted by atomic mass is 9.43. The molecule has 0 spiro atoms. The van der Waals surface area contributed by atoms with Crippen molar-refractivity contribution >= 4 is 44.1 Å². The van der Waals surface area contributed by atoms with Gasteiger partial charge in [-0.25, -0.2) is 14.4 Å². The van der Waals surface area contributed by atoms with E-state index in [9.17, 15) is 29.4 Å². The molecule has 4 aliphatic rings. The minimum atomic E-state index is -2.78. The number of amides is 1. The van der Waals surface area contributed by atoms with Gasteiger partial charge in [0.15, 0.2) is 31.9 Å². The van der Waals surface area contributed by atoms with Gasteiger partial charge in [0, 0.05) is 38.0 Å². The van der Waals surface area contributed by atoms with Gasteiger partial charge < -0.3 is 48.4 Å². The van der Waals surface area contributed by atoms with Gasteiger partial charge in [0.1, 0.15) is 30.2 Å². The summed E-state index contributed by atoms with van der Waals surface area (Å²) in [5, 5.41) is 29.2. The number of hydrogen-bond donors (Lipinski definition) is 3. The van der Waals surface area contributed by atoms with Gasteiger partial charge in [0.05, 0.1) is 35.6 Å². The molecule has 1 aliphatic heterocycles. The van der Waals surface area contributed by atoms with Crippen molar-refractivity contribution in [3.05, 3.63) is 119 Å². The standard InChI is InChI=1S/C54H67NO15Si/c1-10-71(11-2,12-3)70-44(42(36-24-18-14-19-25-36)55-50(62)64-30-35-22-16-13-17-23-35)49(61)67-38-29-54(63)47(68-48(60)37-26-20-15-21-27-37)45-52(9,39(58)28-40-53(45,31-65-40)69-34(6)57)46(59)43(66-33(5)56)41(32(38)4)51(54,7)8/h13-27,39-45,47,58,63H,10-12,28-31H2,1-9H3,(H,55,62)/t39-,40+,41?,42-,43+,44+,45-,47-,52+,53-,54+/m0/s1. The lowest BCUT2D eigenvalue weighted by Gasteiger charge is -2.67. The van der Waals surface area contributed by atoms with Crippen LogP contribution < -0.4 is 5.32 Å². The van der Waals surface area contributed by atoms with Crippen molar-refractivity contribution < 1.29 is 71.8 Å². The average molecular weight is 998 g/mol. The largest absolute Gasteiger partial charge is 0.455 e. The second-order valence-electron chi connectivity index (χ2n) is 20.2. The van der Waals surface area contributed by atoms with Crippen LogP contribution in [0.4, 0.5) is 4.79 Å². The molecule has 11 atom stereocenters. The van der Waals surface area contributed by atoms with E-state index in [1.807, 2.05) is 51.1 Å². The minimum absolute atomic E-state index is 0.0650. The first-order valence-electron chi connectivity index (χ1n) is 24.4. The smallest absolute Gasteiger partial charge is 0.408 e. The van der Waals surface area contributed by atoms with Crippen molar-refractivity contribution in [1.82, 2.24) is 5.32 Å². The number of fused-ring (bicyclic) bond motifs is 5. The van der Waals surface area contributed by atoms with Gasteiger partial charge in [-0.05, 0) is 60.8 Å². The van der Waals surface area contributed by atoms with Crippen molar-refractivity contribution in [1.29, 1.82) is 0 Å². The first kappa shape index (κ1) is 53.1. The highest BCUT2D eigenvalue weighted by atomic mass is 28.4. The van der Waals surface area contributed by atoms with E-state index in [4.69, 9.17) is 32.8 Å². The number of alkyl carbamates (subject to hydrolysis) is 1. The zero-order valence-corrected chi connectivity index (χ0v) is 42.9. The highest BCUT2D eigenvalue weighted by molar-refractivity contribution is 6.73. The molecule has 1 heterocycles. The van der Waals surface area contributed by atoms with Crippen LogP contribution in [0.2, 0.25) is 18.1 Å². The van der Waals surface area contributed by atoms with E-state index in [1.54, 1.807) is 69.3 Å². The average Bonchev–Trinajstić information content (AvgIpc) is 3.34. The Morgan fingerprint density at radius 2 is 1.44 bits per heavy atom. The SMILES string of the molecule is CC[Si](CC)(CC)O[C@@H](C(=O)OC1=C(C)C2[C@@H](OC(C)=O)C(=O)[C@@]3(C)[C@H]([C@H](OC(=O)c4ccccc4)[C@](O)(C1)C2(C)C)[C@]1(OC(C)=O)CO[C@@H]1C[C@@H]3O)[C@@H](NC(=O)OCc1ccccc1)c1ccccc1. The molecule has 3 fully saturated rings. The number of carbonyl (C=O) groups is 6. The molecular formula is C54H67NO15Si. The Balaban J connectivity index is 1.41. The third kappa shape index (κ3) is 9.70. The highest BCUT2D eigenvalue weighted by Gasteiger charge is 2.79. The zero-order chi connectivity index (χ0) is 51.7.